The van der Waals surface area contributed by atoms with Gasteiger partial charge in [-0.3, -0.25) is 10.1 Å². The van der Waals surface area contributed by atoms with Crippen molar-refractivity contribution in [1.82, 2.24) is 0 Å². The molecule has 2 aromatic rings. The smallest absolute Gasteiger partial charge is 0.269 e. The summed E-state index contributed by atoms with van der Waals surface area (Å²) in [5, 5.41) is 10.6. The molecule has 0 aromatic heterocycles. The van der Waals surface area contributed by atoms with Crippen LogP contribution in [-0.4, -0.2) is 18.8 Å². The molecule has 0 amide bonds. The molecule has 2 rings (SSSR count). The molecular weight excluding hydrogens is 262 g/mol. The molecular formula is C14H13NO5. The van der Waals surface area contributed by atoms with Crippen LogP contribution in [0.25, 0.3) is 0 Å². The van der Waals surface area contributed by atoms with Gasteiger partial charge in [-0.2, -0.15) is 0 Å². The second kappa shape index (κ2) is 6.53. The fourth-order valence-electron chi connectivity index (χ4n) is 1.53. The molecule has 0 N–H and O–H groups in total. The number of nitro groups is 1. The zero-order chi connectivity index (χ0) is 14.4. The van der Waals surface area contributed by atoms with Crippen molar-refractivity contribution in [2.75, 3.05) is 13.9 Å². The Balaban J connectivity index is 2.07. The van der Waals surface area contributed by atoms with Gasteiger partial charge in [-0.15, -0.1) is 0 Å². The maximum absolute atomic E-state index is 10.6. The molecule has 2 aromatic carbocycles. The van der Waals surface area contributed by atoms with Gasteiger partial charge in [0.25, 0.3) is 5.69 Å². The predicted molar refractivity (Wildman–Crippen MR) is 72.1 cm³/mol. The zero-order valence-corrected chi connectivity index (χ0v) is 10.8. The van der Waals surface area contributed by atoms with Crippen LogP contribution < -0.4 is 9.47 Å². The molecule has 0 atom stereocenters. The van der Waals surface area contributed by atoms with E-state index in [0.29, 0.717) is 17.2 Å². The third kappa shape index (κ3) is 3.69. The summed E-state index contributed by atoms with van der Waals surface area (Å²) in [5.74, 6) is 1.71. The van der Waals surface area contributed by atoms with Crippen molar-refractivity contribution in [2.24, 2.45) is 0 Å². The normalized spacial score (nSPS) is 10.1. The van der Waals surface area contributed by atoms with Crippen molar-refractivity contribution in [1.29, 1.82) is 0 Å². The number of methoxy groups -OCH3 is 1. The average Bonchev–Trinajstić information content (AvgIpc) is 2.46. The lowest BCUT2D eigenvalue weighted by atomic mass is 10.3. The minimum Gasteiger partial charge on any atom is -0.467 e. The quantitative estimate of drug-likeness (QED) is 0.459. The van der Waals surface area contributed by atoms with E-state index >= 15 is 0 Å². The second-order valence-corrected chi connectivity index (χ2v) is 3.88. The standard InChI is InChI=1S/C14H13NO5/c1-18-10-19-13-3-2-4-14(9-13)20-12-7-5-11(6-8-12)15(16)17/h2-9H,10H2,1H3. The number of benzene rings is 2. The lowest BCUT2D eigenvalue weighted by Crippen LogP contribution is -1.98. The summed E-state index contributed by atoms with van der Waals surface area (Å²) in [4.78, 5) is 10.1. The fourth-order valence-corrected chi connectivity index (χ4v) is 1.53. The molecule has 0 aliphatic heterocycles. The van der Waals surface area contributed by atoms with Crippen molar-refractivity contribution >= 4 is 5.69 Å². The van der Waals surface area contributed by atoms with Crippen molar-refractivity contribution in [3.05, 3.63) is 58.6 Å². The lowest BCUT2D eigenvalue weighted by Gasteiger charge is -2.08. The van der Waals surface area contributed by atoms with Gasteiger partial charge >= 0.3 is 0 Å². The Morgan fingerprint density at radius 3 is 2.40 bits per heavy atom. The Hall–Kier alpha value is -2.60. The van der Waals surface area contributed by atoms with Crippen LogP contribution in [0, 0.1) is 10.1 Å². The van der Waals surface area contributed by atoms with Crippen molar-refractivity contribution in [3.8, 4) is 17.2 Å². The second-order valence-electron chi connectivity index (χ2n) is 3.88. The van der Waals surface area contributed by atoms with Gasteiger partial charge in [0, 0.05) is 25.3 Å². The fraction of sp³-hybridized carbons (Fsp3) is 0.143. The SMILES string of the molecule is COCOc1cccc(Oc2ccc([N+](=O)[O-])cc2)c1. The van der Waals surface area contributed by atoms with Crippen LogP contribution in [0.2, 0.25) is 0 Å². The summed E-state index contributed by atoms with van der Waals surface area (Å²) >= 11 is 0. The van der Waals surface area contributed by atoms with Gasteiger partial charge in [-0.1, -0.05) is 6.07 Å². The van der Waals surface area contributed by atoms with Gasteiger partial charge in [0.05, 0.1) is 4.92 Å². The summed E-state index contributed by atoms with van der Waals surface area (Å²) in [7, 11) is 1.54. The number of hydrogen-bond donors (Lipinski definition) is 0. The molecule has 104 valence electrons. The molecule has 0 saturated carbocycles. The monoisotopic (exact) mass is 275 g/mol. The van der Waals surface area contributed by atoms with E-state index in [2.05, 4.69) is 0 Å². The number of hydrogen-bond acceptors (Lipinski definition) is 5. The maximum atomic E-state index is 10.6. The van der Waals surface area contributed by atoms with Crippen LogP contribution in [-0.2, 0) is 4.74 Å². The molecule has 0 spiro atoms. The molecule has 0 unspecified atom stereocenters. The van der Waals surface area contributed by atoms with E-state index in [9.17, 15) is 10.1 Å². The number of nitro benzene ring substituents is 1. The van der Waals surface area contributed by atoms with Crippen molar-refractivity contribution < 1.29 is 19.1 Å². The van der Waals surface area contributed by atoms with E-state index < -0.39 is 4.92 Å². The molecule has 0 bridgehead atoms. The first-order chi connectivity index (χ1) is 9.69. The molecule has 0 heterocycles. The first-order valence-electron chi connectivity index (χ1n) is 5.83. The number of rotatable bonds is 6. The molecule has 0 fully saturated rings. The van der Waals surface area contributed by atoms with Gasteiger partial charge in [0.15, 0.2) is 6.79 Å². The lowest BCUT2D eigenvalue weighted by molar-refractivity contribution is -0.384. The Kier molecular flexibility index (Phi) is 4.52. The maximum Gasteiger partial charge on any atom is 0.269 e. The number of ether oxygens (including phenoxy) is 3. The van der Waals surface area contributed by atoms with Crippen molar-refractivity contribution in [3.63, 3.8) is 0 Å². The summed E-state index contributed by atoms with van der Waals surface area (Å²) in [6.45, 7) is 0.154. The van der Waals surface area contributed by atoms with Gasteiger partial charge in [0.2, 0.25) is 0 Å². The average molecular weight is 275 g/mol. The summed E-state index contributed by atoms with van der Waals surface area (Å²) < 4.78 is 15.7. The third-order valence-electron chi connectivity index (χ3n) is 2.43. The van der Waals surface area contributed by atoms with Crippen LogP contribution in [0.4, 0.5) is 5.69 Å². The molecule has 20 heavy (non-hydrogen) atoms. The van der Waals surface area contributed by atoms with E-state index in [-0.39, 0.29) is 12.5 Å². The molecule has 0 aliphatic carbocycles. The first kappa shape index (κ1) is 13.8. The Morgan fingerprint density at radius 2 is 1.75 bits per heavy atom. The highest BCUT2D eigenvalue weighted by Gasteiger charge is 2.05. The molecule has 0 aliphatic rings. The number of non-ortho nitro benzene ring substituents is 1. The topological polar surface area (TPSA) is 70.8 Å². The van der Waals surface area contributed by atoms with E-state index in [1.807, 2.05) is 0 Å². The highest BCUT2D eigenvalue weighted by Crippen LogP contribution is 2.26. The van der Waals surface area contributed by atoms with E-state index in [1.54, 1.807) is 36.4 Å². The Bertz CT molecular complexity index is 582. The highest BCUT2D eigenvalue weighted by atomic mass is 16.7. The van der Waals surface area contributed by atoms with Crippen LogP contribution in [0.3, 0.4) is 0 Å². The van der Waals surface area contributed by atoms with E-state index in [0.717, 1.165) is 0 Å². The Labute approximate surface area is 115 Å². The van der Waals surface area contributed by atoms with Crippen LogP contribution in [0.5, 0.6) is 17.2 Å². The molecule has 6 nitrogen and oxygen atoms in total. The minimum atomic E-state index is -0.455. The van der Waals surface area contributed by atoms with Crippen molar-refractivity contribution in [2.45, 2.75) is 0 Å². The zero-order valence-electron chi connectivity index (χ0n) is 10.8. The van der Waals surface area contributed by atoms with E-state index in [1.165, 1.54) is 19.2 Å². The minimum absolute atomic E-state index is 0.0227. The molecule has 6 heteroatoms. The summed E-state index contributed by atoms with van der Waals surface area (Å²) in [6.07, 6.45) is 0. The Morgan fingerprint density at radius 1 is 1.05 bits per heavy atom. The molecule has 0 radical (unpaired) electrons. The van der Waals surface area contributed by atoms with Gasteiger partial charge in [-0.05, 0) is 24.3 Å². The largest absolute Gasteiger partial charge is 0.467 e. The number of nitrogens with zero attached hydrogens (tertiary/aromatic N) is 1. The van der Waals surface area contributed by atoms with Crippen LogP contribution in [0.1, 0.15) is 0 Å². The van der Waals surface area contributed by atoms with Crippen LogP contribution in [0.15, 0.2) is 48.5 Å². The molecule has 0 saturated heterocycles. The predicted octanol–water partition coefficient (Wildman–Crippen LogP) is 3.37. The summed E-state index contributed by atoms with van der Waals surface area (Å²) in [6, 6.07) is 12.9. The van der Waals surface area contributed by atoms with E-state index in [4.69, 9.17) is 14.2 Å². The van der Waals surface area contributed by atoms with Gasteiger partial charge in [0.1, 0.15) is 17.2 Å². The third-order valence-corrected chi connectivity index (χ3v) is 2.43. The van der Waals surface area contributed by atoms with Gasteiger partial charge < -0.3 is 14.2 Å². The van der Waals surface area contributed by atoms with Gasteiger partial charge in [-0.25, -0.2) is 0 Å². The summed E-state index contributed by atoms with van der Waals surface area (Å²) in [5.41, 5.74) is 0.0227. The van der Waals surface area contributed by atoms with Crippen LogP contribution >= 0.6 is 0 Å². The first-order valence-corrected chi connectivity index (χ1v) is 5.83. The highest BCUT2D eigenvalue weighted by molar-refractivity contribution is 5.40.